The number of piperidine rings is 1. The molecule has 3 rings (SSSR count). The van der Waals surface area contributed by atoms with E-state index in [2.05, 4.69) is 14.1 Å². The largest absolute Gasteiger partial charge is 0.854 e. The Morgan fingerprint density at radius 1 is 1.26 bits per heavy atom. The molecule has 0 aromatic heterocycles. The molecule has 2 saturated heterocycles. The molecule has 2 aliphatic rings. The van der Waals surface area contributed by atoms with E-state index in [-0.39, 0.29) is 12.1 Å². The standard InChI is InChI=1S/C18H24ClNO3/c1-20(2)14-7-8-15(20)10-16(9-14)23-18(22)17(11-21)12-3-5-13(19)6-4-12/h3-6,14-17H,7-11H2,1-2H3/t14-,15+,16?,17?. The fraction of sp³-hybridized carbons (Fsp3) is 0.611. The summed E-state index contributed by atoms with van der Waals surface area (Å²) in [4.78, 5) is 12.5. The van der Waals surface area contributed by atoms with Crippen LogP contribution < -0.4 is 5.11 Å². The van der Waals surface area contributed by atoms with Gasteiger partial charge in [-0.05, 0) is 17.7 Å². The van der Waals surface area contributed by atoms with Gasteiger partial charge in [-0.3, -0.25) is 4.79 Å². The summed E-state index contributed by atoms with van der Waals surface area (Å²) in [6, 6.07) is 8.00. The van der Waals surface area contributed by atoms with Crippen LogP contribution in [0.2, 0.25) is 5.02 Å². The van der Waals surface area contributed by atoms with Crippen LogP contribution in [0.4, 0.5) is 0 Å². The summed E-state index contributed by atoms with van der Waals surface area (Å²) < 4.78 is 6.76. The molecule has 4 nitrogen and oxygen atoms in total. The molecule has 0 saturated carbocycles. The lowest BCUT2D eigenvalue weighted by atomic mass is 9.96. The van der Waals surface area contributed by atoms with E-state index in [1.807, 2.05) is 0 Å². The number of carbonyl (C=O) groups excluding carboxylic acids is 1. The number of hydrogen-bond acceptors (Lipinski definition) is 3. The van der Waals surface area contributed by atoms with Gasteiger partial charge in [-0.15, -0.1) is 6.61 Å². The first kappa shape index (κ1) is 16.7. The third-order valence-electron chi connectivity index (χ3n) is 5.79. The van der Waals surface area contributed by atoms with Crippen molar-refractivity contribution in [2.24, 2.45) is 0 Å². The van der Waals surface area contributed by atoms with Crippen molar-refractivity contribution >= 4 is 17.6 Å². The van der Waals surface area contributed by atoms with Gasteiger partial charge in [-0.2, -0.15) is 0 Å². The molecule has 0 aliphatic carbocycles. The number of rotatable bonds is 4. The van der Waals surface area contributed by atoms with Crippen molar-refractivity contribution in [3.63, 3.8) is 0 Å². The minimum atomic E-state index is -0.741. The van der Waals surface area contributed by atoms with Crippen LogP contribution in [0.25, 0.3) is 0 Å². The minimum absolute atomic E-state index is 0.0486. The highest BCUT2D eigenvalue weighted by Gasteiger charge is 2.50. The normalized spacial score (nSPS) is 30.0. The Bertz CT molecular complexity index is 556. The van der Waals surface area contributed by atoms with Gasteiger partial charge in [-0.1, -0.05) is 23.7 Å². The zero-order valence-electron chi connectivity index (χ0n) is 13.7. The maximum atomic E-state index is 12.5. The van der Waals surface area contributed by atoms with E-state index in [1.54, 1.807) is 24.3 Å². The highest BCUT2D eigenvalue weighted by atomic mass is 35.5. The molecule has 4 atom stereocenters. The second-order valence-electron chi connectivity index (χ2n) is 7.32. The van der Waals surface area contributed by atoms with Crippen LogP contribution in [0.15, 0.2) is 24.3 Å². The molecule has 1 aromatic rings. The molecule has 2 unspecified atom stereocenters. The van der Waals surface area contributed by atoms with Gasteiger partial charge >= 0.3 is 5.97 Å². The van der Waals surface area contributed by atoms with Crippen LogP contribution >= 0.6 is 11.6 Å². The molecule has 2 aliphatic heterocycles. The second kappa shape index (κ2) is 6.42. The Morgan fingerprint density at radius 2 is 1.83 bits per heavy atom. The molecule has 126 valence electrons. The van der Waals surface area contributed by atoms with Gasteiger partial charge in [0.15, 0.2) is 0 Å². The van der Waals surface area contributed by atoms with Crippen molar-refractivity contribution in [2.45, 2.75) is 49.8 Å². The highest BCUT2D eigenvalue weighted by molar-refractivity contribution is 6.30. The van der Waals surface area contributed by atoms with E-state index in [1.165, 1.54) is 12.8 Å². The van der Waals surface area contributed by atoms with Crippen LogP contribution in [0.3, 0.4) is 0 Å². The Labute approximate surface area is 142 Å². The number of esters is 1. The fourth-order valence-corrected chi connectivity index (χ4v) is 4.29. The van der Waals surface area contributed by atoms with Gasteiger partial charge in [0.1, 0.15) is 6.10 Å². The lowest BCUT2D eigenvalue weighted by Crippen LogP contribution is -2.56. The molecule has 0 spiro atoms. The summed E-state index contributed by atoms with van der Waals surface area (Å²) in [5.41, 5.74) is 0.685. The summed E-state index contributed by atoms with van der Waals surface area (Å²) in [7, 11) is 4.54. The molecule has 1 aromatic carbocycles. The molecule has 2 heterocycles. The maximum Gasteiger partial charge on any atom is 0.312 e. The van der Waals surface area contributed by atoms with E-state index in [0.717, 1.165) is 17.3 Å². The molecule has 5 heteroatoms. The number of fused-ring (bicyclic) bond motifs is 2. The van der Waals surface area contributed by atoms with Gasteiger partial charge < -0.3 is 14.3 Å². The lowest BCUT2D eigenvalue weighted by Gasteiger charge is -2.44. The molecule has 23 heavy (non-hydrogen) atoms. The Balaban J connectivity index is 1.66. The van der Waals surface area contributed by atoms with Crippen molar-refractivity contribution in [3.8, 4) is 0 Å². The van der Waals surface area contributed by atoms with E-state index < -0.39 is 12.5 Å². The predicted molar refractivity (Wildman–Crippen MR) is 87.1 cm³/mol. The minimum Gasteiger partial charge on any atom is -0.854 e. The molecule has 2 fully saturated rings. The number of carbonyl (C=O) groups is 1. The highest BCUT2D eigenvalue weighted by Crippen LogP contribution is 2.40. The average molecular weight is 338 g/mol. The third-order valence-corrected chi connectivity index (χ3v) is 6.04. The van der Waals surface area contributed by atoms with E-state index in [9.17, 15) is 9.90 Å². The zero-order chi connectivity index (χ0) is 16.6. The van der Waals surface area contributed by atoms with Gasteiger partial charge in [0.25, 0.3) is 0 Å². The fourth-order valence-electron chi connectivity index (χ4n) is 4.17. The number of benzene rings is 1. The van der Waals surface area contributed by atoms with Crippen molar-refractivity contribution in [1.82, 2.24) is 0 Å². The monoisotopic (exact) mass is 337 g/mol. The summed E-state index contributed by atoms with van der Waals surface area (Å²) in [5.74, 6) is -1.13. The van der Waals surface area contributed by atoms with Crippen molar-refractivity contribution in [1.29, 1.82) is 0 Å². The van der Waals surface area contributed by atoms with E-state index in [0.29, 0.717) is 22.7 Å². The first-order chi connectivity index (χ1) is 10.9. The number of hydrogen-bond donors (Lipinski definition) is 0. The topological polar surface area (TPSA) is 49.4 Å². The molecular weight excluding hydrogens is 314 g/mol. The van der Waals surface area contributed by atoms with Gasteiger partial charge in [-0.25, -0.2) is 0 Å². The summed E-state index contributed by atoms with van der Waals surface area (Å²) in [6.07, 6.45) is 4.16. The van der Waals surface area contributed by atoms with E-state index >= 15 is 0 Å². The average Bonchev–Trinajstić information content (AvgIpc) is 2.67. The van der Waals surface area contributed by atoms with Crippen LogP contribution in [0.5, 0.6) is 0 Å². The molecule has 0 radical (unpaired) electrons. The summed E-state index contributed by atoms with van der Waals surface area (Å²) >= 11 is 5.86. The molecule has 0 N–H and O–H groups in total. The smallest absolute Gasteiger partial charge is 0.312 e. The SMILES string of the molecule is C[N+]1(C)[C@@H]2CC[C@H]1CC(OC(=O)C(C[O-])c1ccc(Cl)cc1)C2. The van der Waals surface area contributed by atoms with Gasteiger partial charge in [0.05, 0.1) is 32.1 Å². The molecule has 2 bridgehead atoms. The number of halogens is 1. The van der Waals surface area contributed by atoms with Gasteiger partial charge in [0, 0.05) is 30.7 Å². The Morgan fingerprint density at radius 3 is 2.35 bits per heavy atom. The van der Waals surface area contributed by atoms with Crippen LogP contribution in [0, 0.1) is 0 Å². The van der Waals surface area contributed by atoms with Gasteiger partial charge in [0.2, 0.25) is 0 Å². The number of ether oxygens (including phenoxy) is 1. The van der Waals surface area contributed by atoms with Crippen molar-refractivity contribution in [3.05, 3.63) is 34.9 Å². The van der Waals surface area contributed by atoms with Crippen LogP contribution in [-0.4, -0.2) is 49.3 Å². The second-order valence-corrected chi connectivity index (χ2v) is 7.75. The molecule has 0 amide bonds. The third kappa shape index (κ3) is 3.25. The zero-order valence-corrected chi connectivity index (χ0v) is 14.5. The first-order valence-electron chi connectivity index (χ1n) is 8.29. The predicted octanol–water partition coefficient (Wildman–Crippen LogP) is 2.10. The Hall–Kier alpha value is -1.10. The molecular formula is C18H24ClNO3. The first-order valence-corrected chi connectivity index (χ1v) is 8.67. The van der Waals surface area contributed by atoms with Crippen LogP contribution in [-0.2, 0) is 9.53 Å². The quantitative estimate of drug-likeness (QED) is 0.624. The Kier molecular flexibility index (Phi) is 4.68. The van der Waals surface area contributed by atoms with Crippen molar-refractivity contribution < 1.29 is 19.1 Å². The number of nitrogens with zero attached hydrogens (tertiary/aromatic N) is 1. The summed E-state index contributed by atoms with van der Waals surface area (Å²) in [6.45, 7) is -0.498. The lowest BCUT2D eigenvalue weighted by molar-refractivity contribution is -0.931. The van der Waals surface area contributed by atoms with Crippen molar-refractivity contribution in [2.75, 3.05) is 20.7 Å². The van der Waals surface area contributed by atoms with Crippen LogP contribution in [0.1, 0.15) is 37.2 Å². The summed E-state index contributed by atoms with van der Waals surface area (Å²) in [5, 5.41) is 12.1. The maximum absolute atomic E-state index is 12.5. The van der Waals surface area contributed by atoms with E-state index in [4.69, 9.17) is 16.3 Å². The number of quaternary nitrogens is 1.